The molecule has 1 aromatic carbocycles. The van der Waals surface area contributed by atoms with E-state index in [1.807, 2.05) is 20.8 Å². The molecular formula is C17H25FN2O3. The zero-order valence-corrected chi connectivity index (χ0v) is 14.2. The Labute approximate surface area is 136 Å². The van der Waals surface area contributed by atoms with E-state index in [1.165, 1.54) is 12.1 Å². The number of hydrogen-bond donors (Lipinski definition) is 1. The van der Waals surface area contributed by atoms with Crippen molar-refractivity contribution in [3.8, 4) is 0 Å². The van der Waals surface area contributed by atoms with Crippen LogP contribution in [-0.4, -0.2) is 52.5 Å². The van der Waals surface area contributed by atoms with E-state index in [2.05, 4.69) is 0 Å². The molecular weight excluding hydrogens is 299 g/mol. The van der Waals surface area contributed by atoms with Gasteiger partial charge in [-0.05, 0) is 45.5 Å². The van der Waals surface area contributed by atoms with Gasteiger partial charge in [-0.2, -0.15) is 0 Å². The minimum atomic E-state index is -0.892. The zero-order valence-electron chi connectivity index (χ0n) is 14.2. The second kappa shape index (κ2) is 8.06. The summed E-state index contributed by atoms with van der Waals surface area (Å²) in [6.45, 7) is 6.50. The zero-order chi connectivity index (χ0) is 17.6. The molecule has 0 saturated heterocycles. The molecule has 0 saturated carbocycles. The smallest absolute Gasteiger partial charge is 0.304 e. The van der Waals surface area contributed by atoms with Gasteiger partial charge in [0.15, 0.2) is 0 Å². The first-order valence-electron chi connectivity index (χ1n) is 7.55. The van der Waals surface area contributed by atoms with Gasteiger partial charge in [-0.25, -0.2) is 4.39 Å². The number of carboxylic acids is 1. The van der Waals surface area contributed by atoms with E-state index in [1.54, 1.807) is 29.0 Å². The molecule has 0 aliphatic carbocycles. The summed E-state index contributed by atoms with van der Waals surface area (Å²) in [7, 11) is 1.71. The number of amides is 1. The quantitative estimate of drug-likeness (QED) is 0.836. The van der Waals surface area contributed by atoms with Gasteiger partial charge in [0.2, 0.25) is 5.91 Å². The minimum absolute atomic E-state index is 0.0107. The first kappa shape index (κ1) is 19.1. The maximum atomic E-state index is 13.3. The number of halogens is 1. The third-order valence-electron chi connectivity index (χ3n) is 3.45. The van der Waals surface area contributed by atoms with Gasteiger partial charge < -0.3 is 10.0 Å². The molecule has 23 heavy (non-hydrogen) atoms. The third-order valence-corrected chi connectivity index (χ3v) is 3.45. The molecule has 0 heterocycles. The Morgan fingerprint density at radius 2 is 1.91 bits per heavy atom. The Hall–Kier alpha value is -1.95. The summed E-state index contributed by atoms with van der Waals surface area (Å²) in [6.07, 6.45) is -0.0107. The molecule has 0 aliphatic rings. The average molecular weight is 324 g/mol. The minimum Gasteiger partial charge on any atom is -0.481 e. The number of benzene rings is 1. The van der Waals surface area contributed by atoms with Crippen molar-refractivity contribution in [3.63, 3.8) is 0 Å². The number of carbonyl (C=O) groups is 2. The molecule has 0 fully saturated rings. The summed E-state index contributed by atoms with van der Waals surface area (Å²) in [4.78, 5) is 26.5. The second-order valence-electron chi connectivity index (χ2n) is 6.66. The molecule has 1 rings (SSSR count). The first-order chi connectivity index (χ1) is 10.6. The van der Waals surface area contributed by atoms with Gasteiger partial charge in [-0.1, -0.05) is 12.1 Å². The van der Waals surface area contributed by atoms with Crippen molar-refractivity contribution in [3.05, 3.63) is 35.6 Å². The van der Waals surface area contributed by atoms with Gasteiger partial charge in [0.25, 0.3) is 0 Å². The average Bonchev–Trinajstić information content (AvgIpc) is 2.41. The molecule has 0 spiro atoms. The van der Waals surface area contributed by atoms with E-state index >= 15 is 0 Å². The summed E-state index contributed by atoms with van der Waals surface area (Å²) in [5.74, 6) is -1.34. The van der Waals surface area contributed by atoms with E-state index in [4.69, 9.17) is 5.11 Å². The lowest BCUT2D eigenvalue weighted by Crippen LogP contribution is -2.48. The maximum Gasteiger partial charge on any atom is 0.304 e. The first-order valence-corrected chi connectivity index (χ1v) is 7.55. The van der Waals surface area contributed by atoms with E-state index in [0.717, 1.165) is 5.56 Å². The van der Waals surface area contributed by atoms with Crippen LogP contribution in [0.15, 0.2) is 24.3 Å². The molecule has 1 N–H and O–H groups in total. The molecule has 0 radical (unpaired) electrons. The standard InChI is InChI=1S/C17H25FN2O3/c1-17(2,3)20(11-13-6-5-7-14(18)10-13)15(21)12-19(4)9-8-16(22)23/h5-7,10H,8-9,11-12H2,1-4H3,(H,22,23). The van der Waals surface area contributed by atoms with E-state index in [9.17, 15) is 14.0 Å². The van der Waals surface area contributed by atoms with Crippen molar-refractivity contribution in [2.75, 3.05) is 20.1 Å². The van der Waals surface area contributed by atoms with Gasteiger partial charge in [-0.15, -0.1) is 0 Å². The summed E-state index contributed by atoms with van der Waals surface area (Å²) in [6, 6.07) is 6.19. The molecule has 0 atom stereocenters. The lowest BCUT2D eigenvalue weighted by atomic mass is 10.0. The summed E-state index contributed by atoms with van der Waals surface area (Å²) in [5, 5.41) is 8.70. The summed E-state index contributed by atoms with van der Waals surface area (Å²) >= 11 is 0. The maximum absolute atomic E-state index is 13.3. The van der Waals surface area contributed by atoms with Crippen molar-refractivity contribution in [1.29, 1.82) is 0 Å². The lowest BCUT2D eigenvalue weighted by Gasteiger charge is -2.37. The van der Waals surface area contributed by atoms with Crippen LogP contribution in [0, 0.1) is 5.82 Å². The highest BCUT2D eigenvalue weighted by molar-refractivity contribution is 5.79. The monoisotopic (exact) mass is 324 g/mol. The molecule has 0 unspecified atom stereocenters. The molecule has 0 aromatic heterocycles. The lowest BCUT2D eigenvalue weighted by molar-refractivity contribution is -0.140. The Balaban J connectivity index is 2.78. The predicted molar refractivity (Wildman–Crippen MR) is 86.5 cm³/mol. The molecule has 0 bridgehead atoms. The van der Waals surface area contributed by atoms with Gasteiger partial charge >= 0.3 is 5.97 Å². The second-order valence-corrected chi connectivity index (χ2v) is 6.66. The predicted octanol–water partition coefficient (Wildman–Crippen LogP) is 2.36. The Kier molecular flexibility index (Phi) is 6.69. The highest BCUT2D eigenvalue weighted by Crippen LogP contribution is 2.18. The van der Waals surface area contributed by atoms with E-state index < -0.39 is 11.5 Å². The van der Waals surface area contributed by atoms with Crippen LogP contribution in [0.3, 0.4) is 0 Å². The molecule has 6 heteroatoms. The highest BCUT2D eigenvalue weighted by Gasteiger charge is 2.27. The van der Waals surface area contributed by atoms with Crippen LogP contribution in [0.5, 0.6) is 0 Å². The molecule has 0 aliphatic heterocycles. The van der Waals surface area contributed by atoms with Crippen LogP contribution in [0.4, 0.5) is 4.39 Å². The molecule has 1 aromatic rings. The van der Waals surface area contributed by atoms with Crippen LogP contribution in [0.25, 0.3) is 0 Å². The SMILES string of the molecule is CN(CCC(=O)O)CC(=O)N(Cc1cccc(F)c1)C(C)(C)C. The molecule has 5 nitrogen and oxygen atoms in total. The van der Waals surface area contributed by atoms with Crippen LogP contribution in [-0.2, 0) is 16.1 Å². The van der Waals surface area contributed by atoms with Crippen molar-refractivity contribution in [1.82, 2.24) is 9.80 Å². The Bertz CT molecular complexity index is 555. The van der Waals surface area contributed by atoms with E-state index in [-0.39, 0.29) is 24.7 Å². The van der Waals surface area contributed by atoms with Gasteiger partial charge in [0.1, 0.15) is 5.82 Å². The van der Waals surface area contributed by atoms with Crippen LogP contribution < -0.4 is 0 Å². The number of likely N-dealkylation sites (N-methyl/N-ethyl adjacent to an activating group) is 1. The number of hydrogen-bond acceptors (Lipinski definition) is 3. The fourth-order valence-electron chi connectivity index (χ4n) is 2.20. The molecule has 128 valence electrons. The van der Waals surface area contributed by atoms with Crippen molar-refractivity contribution in [2.45, 2.75) is 39.3 Å². The normalized spacial score (nSPS) is 11.6. The van der Waals surface area contributed by atoms with Crippen LogP contribution in [0.2, 0.25) is 0 Å². The summed E-state index contributed by atoms with van der Waals surface area (Å²) < 4.78 is 13.3. The Morgan fingerprint density at radius 3 is 2.43 bits per heavy atom. The molecule has 1 amide bonds. The van der Waals surface area contributed by atoms with Crippen molar-refractivity contribution >= 4 is 11.9 Å². The van der Waals surface area contributed by atoms with E-state index in [0.29, 0.717) is 13.1 Å². The van der Waals surface area contributed by atoms with Gasteiger partial charge in [0, 0.05) is 18.6 Å². The summed E-state index contributed by atoms with van der Waals surface area (Å²) in [5.41, 5.74) is 0.304. The Morgan fingerprint density at radius 1 is 1.26 bits per heavy atom. The van der Waals surface area contributed by atoms with Crippen LogP contribution in [0.1, 0.15) is 32.8 Å². The number of carbonyl (C=O) groups excluding carboxylic acids is 1. The number of nitrogens with zero attached hydrogens (tertiary/aromatic N) is 2. The van der Waals surface area contributed by atoms with Crippen LogP contribution >= 0.6 is 0 Å². The fourth-order valence-corrected chi connectivity index (χ4v) is 2.20. The van der Waals surface area contributed by atoms with Crippen molar-refractivity contribution < 1.29 is 19.1 Å². The number of aliphatic carboxylic acids is 1. The number of rotatable bonds is 7. The largest absolute Gasteiger partial charge is 0.481 e. The number of carboxylic acid groups (broad SMARTS) is 1. The fraction of sp³-hybridized carbons (Fsp3) is 0.529. The topological polar surface area (TPSA) is 60.9 Å². The highest BCUT2D eigenvalue weighted by atomic mass is 19.1. The third kappa shape index (κ3) is 6.78. The van der Waals surface area contributed by atoms with Gasteiger partial charge in [0.05, 0.1) is 13.0 Å². The van der Waals surface area contributed by atoms with Gasteiger partial charge in [-0.3, -0.25) is 14.5 Å². The van der Waals surface area contributed by atoms with Crippen molar-refractivity contribution in [2.24, 2.45) is 0 Å².